The van der Waals surface area contributed by atoms with E-state index in [0.29, 0.717) is 6.04 Å². The maximum atomic E-state index is 5.68. The van der Waals surface area contributed by atoms with Gasteiger partial charge in [-0.2, -0.15) is 0 Å². The van der Waals surface area contributed by atoms with Crippen molar-refractivity contribution in [3.05, 3.63) is 17.8 Å². The molecule has 0 saturated carbocycles. The van der Waals surface area contributed by atoms with Gasteiger partial charge in [0.1, 0.15) is 5.82 Å². The molecule has 4 nitrogen and oxygen atoms in total. The Morgan fingerprint density at radius 3 is 2.75 bits per heavy atom. The third kappa shape index (κ3) is 2.64. The molecule has 1 aromatic heterocycles. The average molecular weight is 220 g/mol. The van der Waals surface area contributed by atoms with Gasteiger partial charge in [-0.05, 0) is 51.5 Å². The molecule has 2 rings (SSSR count). The minimum Gasteiger partial charge on any atom is -0.397 e. The molecule has 1 saturated heterocycles. The molecule has 0 spiro atoms. The van der Waals surface area contributed by atoms with Crippen LogP contribution in [0.25, 0.3) is 0 Å². The third-order valence-electron chi connectivity index (χ3n) is 3.16. The molecular formula is C12H20N4. The quantitative estimate of drug-likeness (QED) is 0.792. The number of aromatic nitrogens is 1. The molecule has 0 aliphatic carbocycles. The van der Waals surface area contributed by atoms with Crippen molar-refractivity contribution in [3.8, 4) is 0 Å². The van der Waals surface area contributed by atoms with Crippen molar-refractivity contribution in [2.75, 3.05) is 31.2 Å². The highest BCUT2D eigenvalue weighted by Crippen LogP contribution is 2.18. The van der Waals surface area contributed by atoms with Gasteiger partial charge in [-0.25, -0.2) is 4.98 Å². The van der Waals surface area contributed by atoms with Crippen LogP contribution in [-0.4, -0.2) is 36.1 Å². The van der Waals surface area contributed by atoms with Gasteiger partial charge in [0.15, 0.2) is 0 Å². The molecular weight excluding hydrogens is 200 g/mol. The second-order valence-electron chi connectivity index (χ2n) is 4.66. The fourth-order valence-electron chi connectivity index (χ4n) is 2.09. The van der Waals surface area contributed by atoms with Gasteiger partial charge < -0.3 is 16.0 Å². The van der Waals surface area contributed by atoms with Crippen molar-refractivity contribution >= 4 is 11.5 Å². The largest absolute Gasteiger partial charge is 0.397 e. The minimum absolute atomic E-state index is 0.547. The molecule has 1 aliphatic rings. The Morgan fingerprint density at radius 2 is 2.12 bits per heavy atom. The van der Waals surface area contributed by atoms with Crippen LogP contribution < -0.4 is 11.1 Å². The molecule has 0 radical (unpaired) electrons. The second kappa shape index (κ2) is 4.70. The number of rotatable bonds is 2. The van der Waals surface area contributed by atoms with E-state index in [1.807, 2.05) is 13.0 Å². The number of nitrogen functional groups attached to an aromatic ring is 1. The Hall–Kier alpha value is -1.29. The molecule has 1 fully saturated rings. The predicted molar refractivity (Wildman–Crippen MR) is 67.5 cm³/mol. The van der Waals surface area contributed by atoms with Crippen molar-refractivity contribution in [2.45, 2.75) is 25.8 Å². The Kier molecular flexibility index (Phi) is 3.29. The standard InChI is InChI=1S/C12H20N4/c1-9-7-10(13)8-14-12(9)15-11-3-5-16(2)6-4-11/h7-8,11H,3-6,13H2,1-2H3,(H,14,15). The summed E-state index contributed by atoms with van der Waals surface area (Å²) in [7, 11) is 2.17. The summed E-state index contributed by atoms with van der Waals surface area (Å²) < 4.78 is 0. The van der Waals surface area contributed by atoms with Crippen LogP contribution in [0.5, 0.6) is 0 Å². The second-order valence-corrected chi connectivity index (χ2v) is 4.66. The van der Waals surface area contributed by atoms with Gasteiger partial charge in [-0.1, -0.05) is 0 Å². The highest BCUT2D eigenvalue weighted by Gasteiger charge is 2.17. The highest BCUT2D eigenvalue weighted by atomic mass is 15.1. The van der Waals surface area contributed by atoms with Crippen LogP contribution in [0.15, 0.2) is 12.3 Å². The van der Waals surface area contributed by atoms with Crippen molar-refractivity contribution in [1.82, 2.24) is 9.88 Å². The lowest BCUT2D eigenvalue weighted by Gasteiger charge is -2.30. The molecule has 0 aromatic carbocycles. The smallest absolute Gasteiger partial charge is 0.129 e. The Morgan fingerprint density at radius 1 is 1.44 bits per heavy atom. The summed E-state index contributed by atoms with van der Waals surface area (Å²) in [4.78, 5) is 6.70. The first-order valence-electron chi connectivity index (χ1n) is 5.82. The van der Waals surface area contributed by atoms with Crippen molar-refractivity contribution < 1.29 is 0 Å². The number of nitrogens with one attached hydrogen (secondary N) is 1. The molecule has 0 bridgehead atoms. The first kappa shape index (κ1) is 11.2. The summed E-state index contributed by atoms with van der Waals surface area (Å²) >= 11 is 0. The molecule has 16 heavy (non-hydrogen) atoms. The van der Waals surface area contributed by atoms with E-state index in [4.69, 9.17) is 5.73 Å². The van der Waals surface area contributed by atoms with Gasteiger partial charge in [0.05, 0.1) is 11.9 Å². The van der Waals surface area contributed by atoms with E-state index < -0.39 is 0 Å². The summed E-state index contributed by atoms with van der Waals surface area (Å²) in [5, 5.41) is 3.50. The van der Waals surface area contributed by atoms with Gasteiger partial charge in [0.25, 0.3) is 0 Å². The zero-order valence-electron chi connectivity index (χ0n) is 10.0. The fourth-order valence-corrected chi connectivity index (χ4v) is 2.09. The summed E-state index contributed by atoms with van der Waals surface area (Å²) in [6.45, 7) is 4.36. The van der Waals surface area contributed by atoms with Crippen LogP contribution in [0, 0.1) is 6.92 Å². The predicted octanol–water partition coefficient (Wildman–Crippen LogP) is 1.48. The molecule has 0 amide bonds. The van der Waals surface area contributed by atoms with Crippen LogP contribution in [-0.2, 0) is 0 Å². The van der Waals surface area contributed by atoms with E-state index in [-0.39, 0.29) is 0 Å². The summed E-state index contributed by atoms with van der Waals surface area (Å²) in [6.07, 6.45) is 4.08. The highest BCUT2D eigenvalue weighted by molar-refractivity contribution is 5.51. The third-order valence-corrected chi connectivity index (χ3v) is 3.16. The fraction of sp³-hybridized carbons (Fsp3) is 0.583. The van der Waals surface area contributed by atoms with Gasteiger partial charge in [-0.3, -0.25) is 0 Å². The molecule has 1 aromatic rings. The lowest BCUT2D eigenvalue weighted by Crippen LogP contribution is -2.37. The SMILES string of the molecule is Cc1cc(N)cnc1NC1CCN(C)CC1. The molecule has 3 N–H and O–H groups in total. The average Bonchev–Trinajstić information content (AvgIpc) is 2.25. The number of aryl methyl sites for hydroxylation is 1. The van der Waals surface area contributed by atoms with E-state index in [1.54, 1.807) is 6.20 Å². The Bertz CT molecular complexity index is 356. The topological polar surface area (TPSA) is 54.2 Å². The number of pyridine rings is 1. The van der Waals surface area contributed by atoms with Gasteiger partial charge in [0, 0.05) is 6.04 Å². The van der Waals surface area contributed by atoms with Crippen LogP contribution >= 0.6 is 0 Å². The van der Waals surface area contributed by atoms with Crippen LogP contribution in [0.4, 0.5) is 11.5 Å². The zero-order valence-corrected chi connectivity index (χ0v) is 10.0. The number of piperidine rings is 1. The molecule has 2 heterocycles. The summed E-state index contributed by atoms with van der Waals surface area (Å²) in [5.41, 5.74) is 7.53. The number of anilines is 2. The molecule has 4 heteroatoms. The Balaban J connectivity index is 1.98. The van der Waals surface area contributed by atoms with Crippen LogP contribution in [0.1, 0.15) is 18.4 Å². The number of nitrogens with two attached hydrogens (primary N) is 1. The van der Waals surface area contributed by atoms with Gasteiger partial charge in [0.2, 0.25) is 0 Å². The maximum absolute atomic E-state index is 5.68. The van der Waals surface area contributed by atoms with E-state index in [1.165, 1.54) is 12.8 Å². The first-order valence-corrected chi connectivity index (χ1v) is 5.82. The van der Waals surface area contributed by atoms with Crippen molar-refractivity contribution in [3.63, 3.8) is 0 Å². The zero-order chi connectivity index (χ0) is 11.5. The van der Waals surface area contributed by atoms with Crippen molar-refractivity contribution in [1.29, 1.82) is 0 Å². The Labute approximate surface area is 96.8 Å². The summed E-state index contributed by atoms with van der Waals surface area (Å²) in [5.74, 6) is 0.976. The minimum atomic E-state index is 0.547. The number of hydrogen-bond acceptors (Lipinski definition) is 4. The number of nitrogens with zero attached hydrogens (tertiary/aromatic N) is 2. The monoisotopic (exact) mass is 220 g/mol. The lowest BCUT2D eigenvalue weighted by molar-refractivity contribution is 0.263. The van der Waals surface area contributed by atoms with E-state index in [9.17, 15) is 0 Å². The van der Waals surface area contributed by atoms with Crippen LogP contribution in [0.3, 0.4) is 0 Å². The molecule has 0 atom stereocenters. The van der Waals surface area contributed by atoms with Crippen molar-refractivity contribution in [2.24, 2.45) is 0 Å². The lowest BCUT2D eigenvalue weighted by atomic mass is 10.1. The first-order chi connectivity index (χ1) is 7.65. The molecule has 88 valence electrons. The molecule has 1 aliphatic heterocycles. The van der Waals surface area contributed by atoms with E-state index in [2.05, 4.69) is 22.2 Å². The number of hydrogen-bond donors (Lipinski definition) is 2. The van der Waals surface area contributed by atoms with Gasteiger partial charge >= 0.3 is 0 Å². The van der Waals surface area contributed by atoms with E-state index in [0.717, 1.165) is 30.2 Å². The normalized spacial score (nSPS) is 18.6. The van der Waals surface area contributed by atoms with Gasteiger partial charge in [-0.15, -0.1) is 0 Å². The maximum Gasteiger partial charge on any atom is 0.129 e. The van der Waals surface area contributed by atoms with E-state index >= 15 is 0 Å². The number of likely N-dealkylation sites (tertiary alicyclic amines) is 1. The molecule has 0 unspecified atom stereocenters. The summed E-state index contributed by atoms with van der Waals surface area (Å²) in [6, 6.07) is 2.51. The van der Waals surface area contributed by atoms with Crippen LogP contribution in [0.2, 0.25) is 0 Å².